The Morgan fingerprint density at radius 3 is 2.80 bits per heavy atom. The zero-order chi connectivity index (χ0) is 17.1. The first-order valence-corrected chi connectivity index (χ1v) is 9.43. The highest BCUT2D eigenvalue weighted by molar-refractivity contribution is 5.78. The highest BCUT2D eigenvalue weighted by atomic mass is 16.5. The molecule has 0 aromatic carbocycles. The molecule has 7 nitrogen and oxygen atoms in total. The fourth-order valence-corrected chi connectivity index (χ4v) is 3.63. The predicted molar refractivity (Wildman–Crippen MR) is 94.1 cm³/mol. The van der Waals surface area contributed by atoms with Gasteiger partial charge in [0.1, 0.15) is 5.82 Å². The average molecular weight is 345 g/mol. The molecule has 7 heteroatoms. The number of nitrogens with one attached hydrogen (secondary N) is 2. The van der Waals surface area contributed by atoms with Gasteiger partial charge in [-0.2, -0.15) is 5.10 Å². The van der Waals surface area contributed by atoms with Crippen LogP contribution in [0.4, 0.5) is 5.82 Å². The molecule has 2 heterocycles. The van der Waals surface area contributed by atoms with Crippen molar-refractivity contribution in [2.75, 3.05) is 38.1 Å². The van der Waals surface area contributed by atoms with Crippen LogP contribution in [0, 0.1) is 11.8 Å². The Balaban J connectivity index is 1.21. The van der Waals surface area contributed by atoms with Crippen molar-refractivity contribution in [3.05, 3.63) is 18.3 Å². The van der Waals surface area contributed by atoms with Crippen LogP contribution < -0.4 is 10.6 Å². The third kappa shape index (κ3) is 4.89. The van der Waals surface area contributed by atoms with E-state index in [9.17, 15) is 4.79 Å². The van der Waals surface area contributed by atoms with E-state index in [-0.39, 0.29) is 12.0 Å². The van der Waals surface area contributed by atoms with Gasteiger partial charge in [-0.15, -0.1) is 5.10 Å². The van der Waals surface area contributed by atoms with E-state index in [1.165, 1.54) is 25.7 Å². The summed E-state index contributed by atoms with van der Waals surface area (Å²) in [6.07, 6.45) is 6.86. The van der Waals surface area contributed by atoms with Crippen LogP contribution >= 0.6 is 0 Å². The van der Waals surface area contributed by atoms with Crippen LogP contribution in [-0.2, 0) is 9.53 Å². The van der Waals surface area contributed by atoms with Crippen molar-refractivity contribution in [3.63, 3.8) is 0 Å². The number of carbonyl (C=O) groups is 1. The second-order valence-corrected chi connectivity index (χ2v) is 7.49. The Bertz CT molecular complexity index is 564. The Labute approximate surface area is 148 Å². The Morgan fingerprint density at radius 1 is 1.32 bits per heavy atom. The number of aromatic nitrogens is 2. The minimum absolute atomic E-state index is 0.0613. The third-order valence-electron chi connectivity index (χ3n) is 5.26. The molecule has 4 rings (SSSR count). The smallest absolute Gasteiger partial charge is 0.234 e. The summed E-state index contributed by atoms with van der Waals surface area (Å²) in [5, 5.41) is 14.4. The van der Waals surface area contributed by atoms with Gasteiger partial charge in [-0.25, -0.2) is 0 Å². The number of morpholine rings is 1. The van der Waals surface area contributed by atoms with E-state index in [0.717, 1.165) is 30.7 Å². The van der Waals surface area contributed by atoms with Gasteiger partial charge in [0.15, 0.2) is 0 Å². The van der Waals surface area contributed by atoms with Gasteiger partial charge in [0.05, 0.1) is 19.3 Å². The molecule has 25 heavy (non-hydrogen) atoms. The minimum Gasteiger partial charge on any atom is -0.374 e. The zero-order valence-corrected chi connectivity index (χ0v) is 14.6. The van der Waals surface area contributed by atoms with Crippen molar-refractivity contribution in [3.8, 4) is 0 Å². The molecule has 0 bridgehead atoms. The SMILES string of the molecule is O=C(CN1CCO[C@@H](CNc2cccnn2)C1)NC(C1CC1)C1CC1. The second kappa shape index (κ2) is 7.66. The molecule has 2 N–H and O–H groups in total. The summed E-state index contributed by atoms with van der Waals surface area (Å²) in [6.45, 7) is 3.38. The van der Waals surface area contributed by atoms with E-state index in [0.29, 0.717) is 25.7 Å². The third-order valence-corrected chi connectivity index (χ3v) is 5.26. The second-order valence-electron chi connectivity index (χ2n) is 7.49. The van der Waals surface area contributed by atoms with Crippen LogP contribution in [-0.4, -0.2) is 65.9 Å². The summed E-state index contributed by atoms with van der Waals surface area (Å²) < 4.78 is 5.80. The number of rotatable bonds is 8. The van der Waals surface area contributed by atoms with Crippen LogP contribution in [0.5, 0.6) is 0 Å². The van der Waals surface area contributed by atoms with E-state index in [1.807, 2.05) is 12.1 Å². The maximum absolute atomic E-state index is 12.4. The van der Waals surface area contributed by atoms with Gasteiger partial charge < -0.3 is 15.4 Å². The molecule has 2 aliphatic carbocycles. The molecule has 0 spiro atoms. The molecule has 3 aliphatic rings. The van der Waals surface area contributed by atoms with Crippen molar-refractivity contribution in [2.24, 2.45) is 11.8 Å². The minimum atomic E-state index is 0.0613. The Kier molecular flexibility index (Phi) is 5.12. The van der Waals surface area contributed by atoms with E-state index >= 15 is 0 Å². The van der Waals surface area contributed by atoms with Crippen LogP contribution in [0.3, 0.4) is 0 Å². The lowest BCUT2D eigenvalue weighted by Crippen LogP contribution is -2.50. The average Bonchev–Trinajstić information content (AvgIpc) is 3.53. The lowest BCUT2D eigenvalue weighted by Gasteiger charge is -2.33. The summed E-state index contributed by atoms with van der Waals surface area (Å²) in [7, 11) is 0. The summed E-state index contributed by atoms with van der Waals surface area (Å²) in [5.74, 6) is 2.40. The molecule has 1 aromatic rings. The first kappa shape index (κ1) is 16.7. The lowest BCUT2D eigenvalue weighted by molar-refractivity contribution is -0.125. The van der Waals surface area contributed by atoms with Crippen LogP contribution in [0.1, 0.15) is 25.7 Å². The Morgan fingerprint density at radius 2 is 2.12 bits per heavy atom. The van der Waals surface area contributed by atoms with Crippen molar-refractivity contribution < 1.29 is 9.53 Å². The number of anilines is 1. The molecule has 1 aliphatic heterocycles. The molecular formula is C18H27N5O2. The summed E-state index contributed by atoms with van der Waals surface area (Å²) in [5.41, 5.74) is 0. The van der Waals surface area contributed by atoms with Gasteiger partial charge in [-0.1, -0.05) is 0 Å². The largest absolute Gasteiger partial charge is 0.374 e. The number of amides is 1. The predicted octanol–water partition coefficient (Wildman–Crippen LogP) is 0.894. The summed E-state index contributed by atoms with van der Waals surface area (Å²) in [6, 6.07) is 4.17. The van der Waals surface area contributed by atoms with Crippen LogP contribution in [0.2, 0.25) is 0 Å². The molecule has 1 amide bonds. The molecule has 0 unspecified atom stereocenters. The summed E-state index contributed by atoms with van der Waals surface area (Å²) in [4.78, 5) is 14.6. The molecule has 1 saturated heterocycles. The first-order valence-electron chi connectivity index (χ1n) is 9.43. The number of hydrogen-bond donors (Lipinski definition) is 2. The lowest BCUT2D eigenvalue weighted by atomic mass is 10.1. The van der Waals surface area contributed by atoms with E-state index in [4.69, 9.17) is 4.74 Å². The van der Waals surface area contributed by atoms with Crippen molar-refractivity contribution in [1.82, 2.24) is 20.4 Å². The van der Waals surface area contributed by atoms with Crippen LogP contribution in [0.15, 0.2) is 18.3 Å². The number of hydrogen-bond acceptors (Lipinski definition) is 6. The van der Waals surface area contributed by atoms with E-state index in [1.54, 1.807) is 6.20 Å². The standard InChI is InChI=1S/C18H27N5O2/c24-17(21-18(13-3-4-13)14-5-6-14)12-23-8-9-25-15(11-23)10-19-16-2-1-7-20-22-16/h1-2,7,13-15,18H,3-6,8-12H2,(H,19,22)(H,21,24)/t15-/m0/s1. The van der Waals surface area contributed by atoms with E-state index < -0.39 is 0 Å². The van der Waals surface area contributed by atoms with Gasteiger partial charge in [0.25, 0.3) is 0 Å². The zero-order valence-electron chi connectivity index (χ0n) is 14.6. The van der Waals surface area contributed by atoms with Gasteiger partial charge >= 0.3 is 0 Å². The normalized spacial score (nSPS) is 24.3. The molecule has 1 aromatic heterocycles. The van der Waals surface area contributed by atoms with Crippen LogP contribution in [0.25, 0.3) is 0 Å². The molecule has 3 fully saturated rings. The molecule has 2 saturated carbocycles. The summed E-state index contributed by atoms with van der Waals surface area (Å²) >= 11 is 0. The number of carbonyl (C=O) groups excluding carboxylic acids is 1. The van der Waals surface area contributed by atoms with E-state index in [2.05, 4.69) is 25.7 Å². The van der Waals surface area contributed by atoms with Crippen molar-refractivity contribution in [1.29, 1.82) is 0 Å². The molecule has 136 valence electrons. The highest BCUT2D eigenvalue weighted by Crippen LogP contribution is 2.44. The van der Waals surface area contributed by atoms with Gasteiger partial charge in [0, 0.05) is 31.9 Å². The van der Waals surface area contributed by atoms with Gasteiger partial charge in [-0.05, 0) is 49.7 Å². The molecule has 0 radical (unpaired) electrons. The first-order chi connectivity index (χ1) is 12.3. The monoisotopic (exact) mass is 345 g/mol. The number of nitrogens with zero attached hydrogens (tertiary/aromatic N) is 3. The van der Waals surface area contributed by atoms with Crippen molar-refractivity contribution in [2.45, 2.75) is 37.8 Å². The fourth-order valence-electron chi connectivity index (χ4n) is 3.63. The topological polar surface area (TPSA) is 79.4 Å². The Hall–Kier alpha value is -1.73. The maximum Gasteiger partial charge on any atom is 0.234 e. The van der Waals surface area contributed by atoms with Gasteiger partial charge in [0.2, 0.25) is 5.91 Å². The highest BCUT2D eigenvalue weighted by Gasteiger charge is 2.42. The fraction of sp³-hybridized carbons (Fsp3) is 0.722. The number of ether oxygens (including phenoxy) is 1. The molecular weight excluding hydrogens is 318 g/mol. The quantitative estimate of drug-likeness (QED) is 0.729. The van der Waals surface area contributed by atoms with Gasteiger partial charge in [-0.3, -0.25) is 9.69 Å². The van der Waals surface area contributed by atoms with Crippen molar-refractivity contribution >= 4 is 11.7 Å². The molecule has 1 atom stereocenters. The maximum atomic E-state index is 12.4.